The van der Waals surface area contributed by atoms with Gasteiger partial charge in [0, 0.05) is 44.0 Å². The van der Waals surface area contributed by atoms with Crippen molar-refractivity contribution in [1.29, 1.82) is 0 Å². The molecule has 1 N–H and O–H groups in total. The molecule has 144 valence electrons. The van der Waals surface area contributed by atoms with Crippen LogP contribution in [0.2, 0.25) is 0 Å². The summed E-state index contributed by atoms with van der Waals surface area (Å²) in [5.41, 5.74) is 2.21. The average molecular weight is 411 g/mol. The number of carbonyl (C=O) groups is 1. The molecule has 2 aromatic carbocycles. The molecule has 3 rings (SSSR count). The number of amides is 1. The first-order valence-corrected chi connectivity index (χ1v) is 10.2. The number of piperazine rings is 1. The zero-order chi connectivity index (χ0) is 19.3. The SMILES string of the molecule is O=C(CCc1ccccc1)N1CCN(c2cccc(NS(=O)(=O)[O-])c2)CC1.[Na+]. The van der Waals surface area contributed by atoms with Gasteiger partial charge in [0.05, 0.1) is 0 Å². The zero-order valence-electron chi connectivity index (χ0n) is 15.9. The fourth-order valence-corrected chi connectivity index (χ4v) is 3.59. The van der Waals surface area contributed by atoms with Crippen molar-refractivity contribution in [3.8, 4) is 0 Å². The van der Waals surface area contributed by atoms with Crippen molar-refractivity contribution < 1.29 is 47.3 Å². The van der Waals surface area contributed by atoms with E-state index in [2.05, 4.69) is 4.90 Å². The number of hydrogen-bond acceptors (Lipinski definition) is 5. The Labute approximate surface area is 187 Å². The van der Waals surface area contributed by atoms with Gasteiger partial charge in [0.2, 0.25) is 5.91 Å². The number of benzene rings is 2. The Balaban J connectivity index is 0.00000280. The molecule has 0 atom stereocenters. The third-order valence-electron chi connectivity index (χ3n) is 4.56. The summed E-state index contributed by atoms with van der Waals surface area (Å²) in [4.78, 5) is 16.4. The molecule has 7 nitrogen and oxygen atoms in total. The zero-order valence-corrected chi connectivity index (χ0v) is 18.7. The minimum absolute atomic E-state index is 0. The molecule has 28 heavy (non-hydrogen) atoms. The maximum Gasteiger partial charge on any atom is 1.00 e. The van der Waals surface area contributed by atoms with Crippen LogP contribution in [0.1, 0.15) is 12.0 Å². The van der Waals surface area contributed by atoms with E-state index in [4.69, 9.17) is 0 Å². The Morgan fingerprint density at radius 2 is 1.68 bits per heavy atom. The number of rotatable bonds is 6. The molecule has 1 amide bonds. The smallest absolute Gasteiger partial charge is 0.731 e. The number of carbonyl (C=O) groups excluding carboxylic acids is 1. The van der Waals surface area contributed by atoms with Crippen molar-refractivity contribution >= 4 is 27.6 Å². The van der Waals surface area contributed by atoms with Gasteiger partial charge in [-0.1, -0.05) is 36.4 Å². The third kappa shape index (κ3) is 6.79. The van der Waals surface area contributed by atoms with Crippen molar-refractivity contribution in [3.05, 3.63) is 60.2 Å². The van der Waals surface area contributed by atoms with Gasteiger partial charge in [-0.2, -0.15) is 0 Å². The number of aryl methyl sites for hydroxylation is 1. The van der Waals surface area contributed by atoms with Crippen LogP contribution in [0.4, 0.5) is 11.4 Å². The molecule has 0 bridgehead atoms. The Hall–Kier alpha value is -1.58. The van der Waals surface area contributed by atoms with E-state index < -0.39 is 10.3 Å². The van der Waals surface area contributed by atoms with Crippen molar-refractivity contribution in [3.63, 3.8) is 0 Å². The monoisotopic (exact) mass is 411 g/mol. The molecule has 2 aromatic rings. The van der Waals surface area contributed by atoms with E-state index in [9.17, 15) is 17.8 Å². The molecule has 0 spiro atoms. The summed E-state index contributed by atoms with van der Waals surface area (Å²) in [5, 5.41) is 0. The second kappa shape index (κ2) is 10.3. The Bertz CT molecular complexity index is 885. The average Bonchev–Trinajstić information content (AvgIpc) is 2.66. The second-order valence-electron chi connectivity index (χ2n) is 6.46. The quantitative estimate of drug-likeness (QED) is 0.478. The Kier molecular flexibility index (Phi) is 8.33. The molecule has 1 aliphatic rings. The molecular formula is C19H22N3NaO4S. The summed E-state index contributed by atoms with van der Waals surface area (Å²) >= 11 is 0. The van der Waals surface area contributed by atoms with Gasteiger partial charge >= 0.3 is 29.6 Å². The largest absolute Gasteiger partial charge is 1.00 e. The normalized spacial score (nSPS) is 14.3. The van der Waals surface area contributed by atoms with Crippen LogP contribution in [0.25, 0.3) is 0 Å². The van der Waals surface area contributed by atoms with E-state index in [0.717, 1.165) is 17.7 Å². The Morgan fingerprint density at radius 3 is 2.32 bits per heavy atom. The molecule has 0 aromatic heterocycles. The molecule has 0 saturated carbocycles. The van der Waals surface area contributed by atoms with Gasteiger partial charge in [-0.3, -0.25) is 9.52 Å². The van der Waals surface area contributed by atoms with Crippen molar-refractivity contribution in [1.82, 2.24) is 4.90 Å². The molecule has 1 aliphatic heterocycles. The van der Waals surface area contributed by atoms with Gasteiger partial charge in [0.15, 0.2) is 10.3 Å². The number of nitrogens with zero attached hydrogens (tertiary/aromatic N) is 2. The number of nitrogens with one attached hydrogen (secondary N) is 1. The van der Waals surface area contributed by atoms with Gasteiger partial charge < -0.3 is 14.4 Å². The fraction of sp³-hybridized carbons (Fsp3) is 0.316. The van der Waals surface area contributed by atoms with Gasteiger partial charge in [-0.05, 0) is 30.2 Å². The van der Waals surface area contributed by atoms with E-state index in [1.807, 2.05) is 46.0 Å². The van der Waals surface area contributed by atoms with Gasteiger partial charge in [0.1, 0.15) is 0 Å². The summed E-state index contributed by atoms with van der Waals surface area (Å²) in [7, 11) is -4.55. The van der Waals surface area contributed by atoms with Crippen LogP contribution in [0.15, 0.2) is 54.6 Å². The minimum Gasteiger partial charge on any atom is -0.731 e. The molecular weight excluding hydrogens is 389 g/mol. The van der Waals surface area contributed by atoms with Crippen LogP contribution >= 0.6 is 0 Å². The molecule has 1 heterocycles. The van der Waals surface area contributed by atoms with Crippen LogP contribution in [-0.2, 0) is 21.5 Å². The first-order chi connectivity index (χ1) is 12.9. The summed E-state index contributed by atoms with van der Waals surface area (Å²) in [6.07, 6.45) is 1.22. The van der Waals surface area contributed by atoms with Crippen LogP contribution in [0.3, 0.4) is 0 Å². The maximum absolute atomic E-state index is 12.4. The van der Waals surface area contributed by atoms with Gasteiger partial charge in [-0.15, -0.1) is 0 Å². The molecule has 1 fully saturated rings. The van der Waals surface area contributed by atoms with E-state index in [-0.39, 0.29) is 41.2 Å². The predicted octanol–water partition coefficient (Wildman–Crippen LogP) is -1.16. The molecule has 0 unspecified atom stereocenters. The first-order valence-electron chi connectivity index (χ1n) is 8.81. The summed E-state index contributed by atoms with van der Waals surface area (Å²) < 4.78 is 34.5. The number of hydrogen-bond donors (Lipinski definition) is 1. The minimum atomic E-state index is -4.55. The van der Waals surface area contributed by atoms with Crippen LogP contribution in [-0.4, -0.2) is 50.0 Å². The fourth-order valence-electron chi connectivity index (χ4n) is 3.18. The summed E-state index contributed by atoms with van der Waals surface area (Å²) in [6.45, 7) is 2.55. The van der Waals surface area contributed by atoms with E-state index in [1.54, 1.807) is 12.1 Å². The first kappa shape index (κ1) is 22.7. The van der Waals surface area contributed by atoms with Crippen LogP contribution < -0.4 is 39.2 Å². The molecule has 9 heteroatoms. The van der Waals surface area contributed by atoms with Crippen molar-refractivity contribution in [2.24, 2.45) is 0 Å². The van der Waals surface area contributed by atoms with Crippen LogP contribution in [0, 0.1) is 0 Å². The topological polar surface area (TPSA) is 92.8 Å². The number of anilines is 2. The Morgan fingerprint density at radius 1 is 1.00 bits per heavy atom. The standard InChI is InChI=1S/C19H23N3O4S.Na/c23-19(10-9-16-5-2-1-3-6-16)22-13-11-21(12-14-22)18-8-4-7-17(15-18)20-27(24,25)26;/h1-8,15,20H,9-14H2,(H,24,25,26);/q;+1/p-1. The van der Waals surface area contributed by atoms with E-state index in [0.29, 0.717) is 32.6 Å². The van der Waals surface area contributed by atoms with Crippen molar-refractivity contribution in [2.75, 3.05) is 35.8 Å². The van der Waals surface area contributed by atoms with E-state index in [1.165, 1.54) is 6.07 Å². The van der Waals surface area contributed by atoms with E-state index >= 15 is 0 Å². The summed E-state index contributed by atoms with van der Waals surface area (Å²) in [5.74, 6) is 0.145. The predicted molar refractivity (Wildman–Crippen MR) is 103 cm³/mol. The molecule has 0 aliphatic carbocycles. The molecule has 1 saturated heterocycles. The molecule has 0 radical (unpaired) electrons. The van der Waals surface area contributed by atoms with Crippen LogP contribution in [0.5, 0.6) is 0 Å². The second-order valence-corrected chi connectivity index (χ2v) is 7.57. The summed E-state index contributed by atoms with van der Waals surface area (Å²) in [6, 6.07) is 16.7. The van der Waals surface area contributed by atoms with Gasteiger partial charge in [-0.25, -0.2) is 8.42 Å². The maximum atomic E-state index is 12.4. The third-order valence-corrected chi connectivity index (χ3v) is 5.04. The van der Waals surface area contributed by atoms with Gasteiger partial charge in [0.25, 0.3) is 0 Å². The van der Waals surface area contributed by atoms with Crippen molar-refractivity contribution in [2.45, 2.75) is 12.8 Å².